The van der Waals surface area contributed by atoms with Crippen LogP contribution in [0.15, 0.2) is 34.1 Å². The highest BCUT2D eigenvalue weighted by atomic mass is 79.9. The van der Waals surface area contributed by atoms with E-state index in [0.717, 1.165) is 9.54 Å². The van der Waals surface area contributed by atoms with E-state index in [0.29, 0.717) is 0 Å². The molecule has 0 bridgehead atoms. The van der Waals surface area contributed by atoms with Gasteiger partial charge in [0.1, 0.15) is 5.75 Å². The van der Waals surface area contributed by atoms with Gasteiger partial charge >= 0.3 is 0 Å². The van der Waals surface area contributed by atoms with Gasteiger partial charge in [0, 0.05) is 4.88 Å². The summed E-state index contributed by atoms with van der Waals surface area (Å²) in [6, 6.07) is 10.4. The first-order chi connectivity index (χ1) is 8.11. The second kappa shape index (κ2) is 5.55. The van der Waals surface area contributed by atoms with Crippen molar-refractivity contribution in [2.45, 2.75) is 11.8 Å². The quantitative estimate of drug-likeness (QED) is 0.660. The highest BCUT2D eigenvalue weighted by Gasteiger charge is 2.15. The predicted molar refractivity (Wildman–Crippen MR) is 80.5 cm³/mol. The molecule has 2 aromatic rings. The number of thiophene rings is 1. The maximum absolute atomic E-state index is 5.22. The van der Waals surface area contributed by atoms with Crippen LogP contribution in [0.5, 0.6) is 5.75 Å². The van der Waals surface area contributed by atoms with Gasteiger partial charge in [-0.2, -0.15) is 0 Å². The van der Waals surface area contributed by atoms with Crippen molar-refractivity contribution in [3.63, 3.8) is 0 Å². The van der Waals surface area contributed by atoms with Crippen molar-refractivity contribution in [3.8, 4) is 5.75 Å². The number of ether oxygens (including phenoxy) is 1. The molecule has 0 radical (unpaired) electrons. The molecule has 0 spiro atoms. The van der Waals surface area contributed by atoms with Crippen LogP contribution in [0.25, 0.3) is 0 Å². The summed E-state index contributed by atoms with van der Waals surface area (Å²) in [6.07, 6.45) is 0. The molecule has 90 valence electrons. The van der Waals surface area contributed by atoms with E-state index < -0.39 is 0 Å². The molecule has 1 atom stereocenters. The Labute approximate surface area is 122 Å². The smallest absolute Gasteiger partial charge is 0.119 e. The summed E-state index contributed by atoms with van der Waals surface area (Å²) in [7, 11) is 1.69. The highest BCUT2D eigenvalue weighted by molar-refractivity contribution is 9.11. The first-order valence-electron chi connectivity index (χ1n) is 5.15. The summed E-state index contributed by atoms with van der Waals surface area (Å²) in [5.41, 5.74) is 2.51. The normalized spacial score (nSPS) is 12.5. The van der Waals surface area contributed by atoms with Crippen molar-refractivity contribution < 1.29 is 4.74 Å². The topological polar surface area (TPSA) is 9.23 Å². The van der Waals surface area contributed by atoms with Gasteiger partial charge in [0.15, 0.2) is 0 Å². The lowest BCUT2D eigenvalue weighted by molar-refractivity contribution is 0.414. The molecule has 1 heterocycles. The Balaban J connectivity index is 2.34. The van der Waals surface area contributed by atoms with Crippen molar-refractivity contribution in [2.75, 3.05) is 7.11 Å². The summed E-state index contributed by atoms with van der Waals surface area (Å²) in [6.45, 7) is 2.11. The molecule has 0 saturated carbocycles. The number of methoxy groups -OCH3 is 1. The van der Waals surface area contributed by atoms with Crippen LogP contribution in [-0.2, 0) is 0 Å². The molecule has 1 unspecified atom stereocenters. The van der Waals surface area contributed by atoms with E-state index in [1.165, 1.54) is 16.0 Å². The molecule has 1 nitrogen and oxygen atoms in total. The van der Waals surface area contributed by atoms with Crippen molar-refractivity contribution in [2.24, 2.45) is 0 Å². The number of alkyl halides is 1. The molecule has 1 aromatic heterocycles. The second-order valence-corrected chi connectivity index (χ2v) is 7.14. The van der Waals surface area contributed by atoms with Gasteiger partial charge in [0.05, 0.1) is 15.7 Å². The Morgan fingerprint density at radius 3 is 2.53 bits per heavy atom. The molecular weight excluding hydrogens is 364 g/mol. The van der Waals surface area contributed by atoms with Gasteiger partial charge in [-0.15, -0.1) is 11.3 Å². The fraction of sp³-hybridized carbons (Fsp3) is 0.231. The van der Waals surface area contributed by atoms with E-state index in [1.54, 1.807) is 18.4 Å². The predicted octanol–water partition coefficient (Wildman–Crippen LogP) is 5.31. The average Bonchev–Trinajstić information content (AvgIpc) is 2.75. The van der Waals surface area contributed by atoms with Crippen molar-refractivity contribution in [1.29, 1.82) is 0 Å². The van der Waals surface area contributed by atoms with Gasteiger partial charge in [0.25, 0.3) is 0 Å². The molecule has 0 N–H and O–H groups in total. The van der Waals surface area contributed by atoms with Gasteiger partial charge in [0.2, 0.25) is 0 Å². The van der Waals surface area contributed by atoms with Crippen LogP contribution in [0.3, 0.4) is 0 Å². The minimum Gasteiger partial charge on any atom is -0.497 e. The average molecular weight is 376 g/mol. The summed E-state index contributed by atoms with van der Waals surface area (Å²) in [4.78, 5) is 1.54. The minimum atomic E-state index is 0.240. The maximum atomic E-state index is 5.22. The van der Waals surface area contributed by atoms with Gasteiger partial charge < -0.3 is 4.74 Å². The van der Waals surface area contributed by atoms with E-state index in [9.17, 15) is 0 Å². The zero-order valence-corrected chi connectivity index (χ0v) is 13.5. The Morgan fingerprint density at radius 1 is 1.24 bits per heavy atom. The molecule has 0 amide bonds. The van der Waals surface area contributed by atoms with Crippen LogP contribution in [0.4, 0.5) is 0 Å². The number of hydrogen-bond donors (Lipinski definition) is 0. The fourth-order valence-electron chi connectivity index (χ4n) is 1.68. The third kappa shape index (κ3) is 2.92. The lowest BCUT2D eigenvalue weighted by Gasteiger charge is -2.12. The van der Waals surface area contributed by atoms with Crippen molar-refractivity contribution in [1.82, 2.24) is 0 Å². The molecule has 1 aromatic carbocycles. The molecule has 0 aliphatic rings. The molecule has 0 fully saturated rings. The number of halogens is 2. The molecular formula is C13H12Br2OS. The minimum absolute atomic E-state index is 0.240. The number of rotatable bonds is 3. The van der Waals surface area contributed by atoms with E-state index in [2.05, 4.69) is 63.0 Å². The number of benzene rings is 1. The highest BCUT2D eigenvalue weighted by Crippen LogP contribution is 2.38. The Kier molecular flexibility index (Phi) is 4.28. The molecule has 2 rings (SSSR count). The summed E-state index contributed by atoms with van der Waals surface area (Å²) in [5, 5.41) is 0. The lowest BCUT2D eigenvalue weighted by atomic mass is 10.0. The van der Waals surface area contributed by atoms with E-state index in [-0.39, 0.29) is 4.83 Å². The first kappa shape index (κ1) is 13.1. The standard InChI is InChI=1S/C13H12Br2OS/c1-8-7-9(16-2)3-4-10(8)13(15)11-5-6-12(14)17-11/h3-7,13H,1-2H3. The fourth-order valence-corrected chi connectivity index (χ4v) is 4.04. The molecule has 17 heavy (non-hydrogen) atoms. The molecule has 0 aliphatic heterocycles. The monoisotopic (exact) mass is 374 g/mol. The van der Waals surface area contributed by atoms with Crippen molar-refractivity contribution in [3.05, 3.63) is 50.1 Å². The number of hydrogen-bond acceptors (Lipinski definition) is 2. The van der Waals surface area contributed by atoms with Crippen LogP contribution < -0.4 is 4.74 Å². The van der Waals surface area contributed by atoms with E-state index in [4.69, 9.17) is 4.74 Å². The Morgan fingerprint density at radius 2 is 2.00 bits per heavy atom. The van der Waals surface area contributed by atoms with Gasteiger partial charge in [-0.25, -0.2) is 0 Å². The van der Waals surface area contributed by atoms with Crippen molar-refractivity contribution >= 4 is 43.2 Å². The van der Waals surface area contributed by atoms with Crippen LogP contribution in [0.1, 0.15) is 20.8 Å². The Hall–Kier alpha value is -0.320. The summed E-state index contributed by atoms with van der Waals surface area (Å²) < 4.78 is 6.38. The maximum Gasteiger partial charge on any atom is 0.119 e. The molecule has 4 heteroatoms. The zero-order chi connectivity index (χ0) is 12.4. The van der Waals surface area contributed by atoms with Crippen LogP contribution in [-0.4, -0.2) is 7.11 Å². The van der Waals surface area contributed by atoms with Gasteiger partial charge in [-0.1, -0.05) is 22.0 Å². The first-order valence-corrected chi connectivity index (χ1v) is 7.68. The van der Waals surface area contributed by atoms with Crippen LogP contribution in [0.2, 0.25) is 0 Å². The number of aryl methyl sites for hydroxylation is 1. The largest absolute Gasteiger partial charge is 0.497 e. The second-order valence-electron chi connectivity index (χ2n) is 3.73. The van der Waals surface area contributed by atoms with E-state index in [1.807, 2.05) is 6.07 Å². The summed E-state index contributed by atoms with van der Waals surface area (Å²) in [5.74, 6) is 0.901. The van der Waals surface area contributed by atoms with E-state index >= 15 is 0 Å². The molecule has 0 aliphatic carbocycles. The van der Waals surface area contributed by atoms with Gasteiger partial charge in [-0.3, -0.25) is 0 Å². The Bertz CT molecular complexity index is 522. The SMILES string of the molecule is COc1ccc(C(Br)c2ccc(Br)s2)c(C)c1. The third-order valence-corrected chi connectivity index (χ3v) is 5.57. The summed E-state index contributed by atoms with van der Waals surface area (Å²) >= 11 is 8.99. The van der Waals surface area contributed by atoms with Crippen LogP contribution >= 0.6 is 43.2 Å². The molecule has 0 saturated heterocycles. The van der Waals surface area contributed by atoms with Gasteiger partial charge in [-0.05, 0) is 58.2 Å². The lowest BCUT2D eigenvalue weighted by Crippen LogP contribution is -1.94. The third-order valence-electron chi connectivity index (χ3n) is 2.59. The van der Waals surface area contributed by atoms with Crippen LogP contribution in [0, 0.1) is 6.92 Å². The zero-order valence-electron chi connectivity index (χ0n) is 9.54.